The van der Waals surface area contributed by atoms with Gasteiger partial charge in [-0.15, -0.1) is 0 Å². The van der Waals surface area contributed by atoms with Gasteiger partial charge in [-0.2, -0.15) is 4.72 Å². The molecule has 1 aromatic heterocycles. The molecule has 0 radical (unpaired) electrons. The quantitative estimate of drug-likeness (QED) is 0.646. The molecule has 1 amide bonds. The Balaban J connectivity index is 2.11. The van der Waals surface area contributed by atoms with E-state index in [4.69, 9.17) is 9.15 Å². The second kappa shape index (κ2) is 9.57. The third kappa shape index (κ3) is 6.41. The molecule has 1 atom stereocenters. The number of hydrogen-bond donors (Lipinski definition) is 2. The molecule has 1 heterocycles. The van der Waals surface area contributed by atoms with Crippen molar-refractivity contribution < 1.29 is 22.4 Å². The zero-order valence-electron chi connectivity index (χ0n) is 15.8. The zero-order valence-corrected chi connectivity index (χ0v) is 16.6. The third-order valence-electron chi connectivity index (χ3n) is 3.99. The maximum Gasteiger partial charge on any atom is 0.241 e. The molecule has 0 aliphatic rings. The van der Waals surface area contributed by atoms with Gasteiger partial charge in [-0.05, 0) is 48.7 Å². The van der Waals surface area contributed by atoms with E-state index in [1.165, 1.54) is 25.5 Å². The second-order valence-electron chi connectivity index (χ2n) is 6.60. The SMILES string of the molecule is COc1ccc(S(=O)(=O)N[C@H](CC(=O)NCCC(C)C)c2ccco2)cc1. The van der Waals surface area contributed by atoms with E-state index in [2.05, 4.69) is 23.9 Å². The van der Waals surface area contributed by atoms with Gasteiger partial charge in [-0.1, -0.05) is 13.8 Å². The number of carbonyl (C=O) groups excluding carboxylic acids is 1. The van der Waals surface area contributed by atoms with E-state index in [9.17, 15) is 13.2 Å². The van der Waals surface area contributed by atoms with E-state index in [0.717, 1.165) is 6.42 Å². The predicted octanol–water partition coefficient (Wildman–Crippen LogP) is 2.86. The van der Waals surface area contributed by atoms with Crippen LogP contribution in [0.25, 0.3) is 0 Å². The van der Waals surface area contributed by atoms with Crippen LogP contribution in [-0.2, 0) is 14.8 Å². The summed E-state index contributed by atoms with van der Waals surface area (Å²) in [7, 11) is -2.33. The summed E-state index contributed by atoms with van der Waals surface area (Å²) in [6.45, 7) is 4.69. The summed E-state index contributed by atoms with van der Waals surface area (Å²) in [4.78, 5) is 12.3. The second-order valence-corrected chi connectivity index (χ2v) is 8.32. The summed E-state index contributed by atoms with van der Waals surface area (Å²) in [5.74, 6) is 1.17. The first-order chi connectivity index (χ1) is 12.8. The fourth-order valence-electron chi connectivity index (χ4n) is 2.46. The molecule has 0 spiro atoms. The molecule has 0 aliphatic heterocycles. The molecule has 0 aliphatic carbocycles. The Hall–Kier alpha value is -2.32. The van der Waals surface area contributed by atoms with Crippen LogP contribution in [-0.4, -0.2) is 28.0 Å². The lowest BCUT2D eigenvalue weighted by Crippen LogP contribution is -2.34. The Morgan fingerprint density at radius 2 is 1.89 bits per heavy atom. The van der Waals surface area contributed by atoms with Crippen molar-refractivity contribution in [2.75, 3.05) is 13.7 Å². The molecule has 0 saturated heterocycles. The summed E-state index contributed by atoms with van der Waals surface area (Å²) in [6, 6.07) is 8.52. The standard InChI is InChI=1S/C19H26N2O5S/c1-14(2)10-11-20-19(22)13-17(18-5-4-12-26-18)21-27(23,24)16-8-6-15(25-3)7-9-16/h4-9,12,14,17,21H,10-11,13H2,1-3H3,(H,20,22)/t17-/m1/s1. The van der Waals surface area contributed by atoms with Gasteiger partial charge < -0.3 is 14.5 Å². The van der Waals surface area contributed by atoms with Crippen LogP contribution in [0.5, 0.6) is 5.75 Å². The minimum Gasteiger partial charge on any atom is -0.497 e. The third-order valence-corrected chi connectivity index (χ3v) is 5.47. The zero-order chi connectivity index (χ0) is 19.9. The number of furan rings is 1. The lowest BCUT2D eigenvalue weighted by Gasteiger charge is -2.17. The van der Waals surface area contributed by atoms with Crippen LogP contribution in [0.4, 0.5) is 0 Å². The van der Waals surface area contributed by atoms with E-state index in [-0.39, 0.29) is 17.2 Å². The van der Waals surface area contributed by atoms with E-state index in [1.807, 2.05) is 0 Å². The van der Waals surface area contributed by atoms with Gasteiger partial charge in [-0.3, -0.25) is 4.79 Å². The number of nitrogens with one attached hydrogen (secondary N) is 2. The topological polar surface area (TPSA) is 97.6 Å². The summed E-state index contributed by atoms with van der Waals surface area (Å²) in [5.41, 5.74) is 0. The number of carbonyl (C=O) groups is 1. The average Bonchev–Trinajstić information content (AvgIpc) is 3.15. The number of methoxy groups -OCH3 is 1. The van der Waals surface area contributed by atoms with Gasteiger partial charge >= 0.3 is 0 Å². The summed E-state index contributed by atoms with van der Waals surface area (Å²) < 4.78 is 38.3. The van der Waals surface area contributed by atoms with Gasteiger partial charge in [0.1, 0.15) is 11.5 Å². The molecule has 0 bridgehead atoms. The van der Waals surface area contributed by atoms with Crippen LogP contribution in [0.2, 0.25) is 0 Å². The highest BCUT2D eigenvalue weighted by atomic mass is 32.2. The fraction of sp³-hybridized carbons (Fsp3) is 0.421. The lowest BCUT2D eigenvalue weighted by molar-refractivity contribution is -0.121. The number of amides is 1. The minimum absolute atomic E-state index is 0.0546. The first-order valence-electron chi connectivity index (χ1n) is 8.78. The average molecular weight is 394 g/mol. The van der Waals surface area contributed by atoms with Gasteiger partial charge in [0.05, 0.1) is 30.7 Å². The highest BCUT2D eigenvalue weighted by Gasteiger charge is 2.25. The molecule has 2 N–H and O–H groups in total. The van der Waals surface area contributed by atoms with Crippen LogP contribution in [0.3, 0.4) is 0 Å². The predicted molar refractivity (Wildman–Crippen MR) is 102 cm³/mol. The van der Waals surface area contributed by atoms with Gasteiger partial charge in [0.15, 0.2) is 0 Å². The molecule has 1 aromatic carbocycles. The van der Waals surface area contributed by atoms with Crippen LogP contribution < -0.4 is 14.8 Å². The molecule has 2 aromatic rings. The Labute approximate surface area is 160 Å². The van der Waals surface area contributed by atoms with Gasteiger partial charge in [0.2, 0.25) is 15.9 Å². The number of benzene rings is 1. The van der Waals surface area contributed by atoms with Crippen molar-refractivity contribution in [1.82, 2.24) is 10.0 Å². The Bertz CT molecular complexity index is 814. The molecule has 27 heavy (non-hydrogen) atoms. The van der Waals surface area contributed by atoms with Crippen LogP contribution >= 0.6 is 0 Å². The maximum absolute atomic E-state index is 12.7. The van der Waals surface area contributed by atoms with Crippen LogP contribution in [0.15, 0.2) is 52.0 Å². The van der Waals surface area contributed by atoms with Crippen molar-refractivity contribution in [2.24, 2.45) is 5.92 Å². The molecule has 0 saturated carbocycles. The summed E-state index contributed by atoms with van der Waals surface area (Å²) in [5, 5.41) is 2.82. The maximum atomic E-state index is 12.7. The van der Waals surface area contributed by atoms with E-state index in [1.54, 1.807) is 24.3 Å². The minimum atomic E-state index is -3.84. The number of ether oxygens (including phenoxy) is 1. The molecule has 0 fully saturated rings. The van der Waals surface area contributed by atoms with Crippen molar-refractivity contribution in [3.05, 3.63) is 48.4 Å². The van der Waals surface area contributed by atoms with Crippen molar-refractivity contribution in [3.8, 4) is 5.75 Å². The van der Waals surface area contributed by atoms with Gasteiger partial charge in [0, 0.05) is 6.54 Å². The Morgan fingerprint density at radius 3 is 2.44 bits per heavy atom. The Kier molecular flexibility index (Phi) is 7.44. The van der Waals surface area contributed by atoms with Crippen molar-refractivity contribution in [1.29, 1.82) is 0 Å². The van der Waals surface area contributed by atoms with E-state index >= 15 is 0 Å². The molecule has 148 valence electrons. The molecule has 2 rings (SSSR count). The number of rotatable bonds is 10. The monoisotopic (exact) mass is 394 g/mol. The van der Waals surface area contributed by atoms with Crippen molar-refractivity contribution >= 4 is 15.9 Å². The van der Waals surface area contributed by atoms with Crippen LogP contribution in [0, 0.1) is 5.92 Å². The fourth-order valence-corrected chi connectivity index (χ4v) is 3.66. The number of hydrogen-bond acceptors (Lipinski definition) is 5. The van der Waals surface area contributed by atoms with Crippen molar-refractivity contribution in [2.45, 2.75) is 37.6 Å². The van der Waals surface area contributed by atoms with Crippen molar-refractivity contribution in [3.63, 3.8) is 0 Å². The number of sulfonamides is 1. The first-order valence-corrected chi connectivity index (χ1v) is 10.3. The summed E-state index contributed by atoms with van der Waals surface area (Å²) >= 11 is 0. The molecule has 7 nitrogen and oxygen atoms in total. The highest BCUT2D eigenvalue weighted by molar-refractivity contribution is 7.89. The van der Waals surface area contributed by atoms with Crippen LogP contribution in [0.1, 0.15) is 38.5 Å². The molecular formula is C19H26N2O5S. The van der Waals surface area contributed by atoms with E-state index < -0.39 is 16.1 Å². The highest BCUT2D eigenvalue weighted by Crippen LogP contribution is 2.22. The Morgan fingerprint density at radius 1 is 1.19 bits per heavy atom. The van der Waals surface area contributed by atoms with Gasteiger partial charge in [-0.25, -0.2) is 8.42 Å². The largest absolute Gasteiger partial charge is 0.497 e. The smallest absolute Gasteiger partial charge is 0.241 e. The van der Waals surface area contributed by atoms with Gasteiger partial charge in [0.25, 0.3) is 0 Å². The normalized spacial score (nSPS) is 12.7. The molecule has 8 heteroatoms. The summed E-state index contributed by atoms with van der Waals surface area (Å²) in [6.07, 6.45) is 2.25. The molecule has 0 unspecified atom stereocenters. The van der Waals surface area contributed by atoms with E-state index in [0.29, 0.717) is 24.0 Å². The first kappa shape index (κ1) is 21.0. The molecular weight excluding hydrogens is 368 g/mol. The lowest BCUT2D eigenvalue weighted by atomic mass is 10.1.